The summed E-state index contributed by atoms with van der Waals surface area (Å²) < 4.78 is 0. The van der Waals surface area contributed by atoms with Crippen LogP contribution in [0.2, 0.25) is 0 Å². The van der Waals surface area contributed by atoms with E-state index in [1.807, 2.05) is 19.1 Å². The number of nitrogens with zero attached hydrogens (tertiary/aromatic N) is 2. The van der Waals surface area contributed by atoms with Crippen LogP contribution in [0, 0.1) is 12.8 Å². The van der Waals surface area contributed by atoms with E-state index in [9.17, 15) is 4.79 Å². The highest BCUT2D eigenvalue weighted by Gasteiger charge is 2.15. The predicted octanol–water partition coefficient (Wildman–Crippen LogP) is 2.04. The Morgan fingerprint density at radius 3 is 2.72 bits per heavy atom. The second-order valence-electron chi connectivity index (χ2n) is 4.34. The quantitative estimate of drug-likeness (QED) is 0.864. The van der Waals surface area contributed by atoms with Crippen LogP contribution in [0.15, 0.2) is 24.5 Å². The number of aromatic nitrogens is 3. The fourth-order valence-corrected chi connectivity index (χ4v) is 1.79. The average molecular weight is 245 g/mol. The molecular weight excluding hydrogens is 230 g/mol. The number of aryl methyl sites for hydroxylation is 1. The molecule has 0 aliphatic rings. The number of hydrogen-bond acceptors (Lipinski definition) is 3. The van der Waals surface area contributed by atoms with Crippen molar-refractivity contribution in [2.24, 2.45) is 5.92 Å². The van der Waals surface area contributed by atoms with Crippen molar-refractivity contribution in [1.29, 1.82) is 0 Å². The minimum absolute atomic E-state index is 0.404. The number of aliphatic carboxylic acids is 1. The number of carbonyl (C=O) groups is 1. The summed E-state index contributed by atoms with van der Waals surface area (Å²) in [6.07, 6.45) is 3.83. The van der Waals surface area contributed by atoms with Gasteiger partial charge in [-0.15, -0.1) is 0 Å². The average Bonchev–Trinajstić information content (AvgIpc) is 2.71. The van der Waals surface area contributed by atoms with Crippen LogP contribution < -0.4 is 0 Å². The van der Waals surface area contributed by atoms with E-state index in [2.05, 4.69) is 15.0 Å². The second kappa shape index (κ2) is 5.00. The highest BCUT2D eigenvalue weighted by atomic mass is 16.4. The highest BCUT2D eigenvalue weighted by Crippen LogP contribution is 2.21. The van der Waals surface area contributed by atoms with Crippen molar-refractivity contribution >= 4 is 5.97 Å². The molecule has 1 atom stereocenters. The Bertz CT molecular complexity index is 549. The second-order valence-corrected chi connectivity index (χ2v) is 4.34. The van der Waals surface area contributed by atoms with Crippen LogP contribution in [0.1, 0.15) is 18.4 Å². The standard InChI is InChI=1S/C13H15N3O2/c1-8(13(17)18)7-11-15-9(2)12(16-11)10-3-5-14-6-4-10/h3-6,8H,7H2,1-2H3,(H,15,16)(H,17,18). The van der Waals surface area contributed by atoms with Gasteiger partial charge in [0.25, 0.3) is 0 Å². The first-order valence-corrected chi connectivity index (χ1v) is 5.76. The fourth-order valence-electron chi connectivity index (χ4n) is 1.79. The molecule has 2 N–H and O–H groups in total. The number of carboxylic acids is 1. The molecule has 2 heterocycles. The molecule has 0 saturated heterocycles. The van der Waals surface area contributed by atoms with Crippen molar-refractivity contribution in [2.75, 3.05) is 0 Å². The highest BCUT2D eigenvalue weighted by molar-refractivity contribution is 5.69. The lowest BCUT2D eigenvalue weighted by molar-refractivity contribution is -0.141. The zero-order chi connectivity index (χ0) is 13.1. The zero-order valence-electron chi connectivity index (χ0n) is 10.3. The summed E-state index contributed by atoms with van der Waals surface area (Å²) in [5.41, 5.74) is 2.77. The third kappa shape index (κ3) is 2.56. The van der Waals surface area contributed by atoms with Gasteiger partial charge in [0, 0.05) is 30.1 Å². The molecule has 0 radical (unpaired) electrons. The molecule has 5 nitrogen and oxygen atoms in total. The monoisotopic (exact) mass is 245 g/mol. The van der Waals surface area contributed by atoms with E-state index in [-0.39, 0.29) is 0 Å². The molecule has 2 aromatic heterocycles. The van der Waals surface area contributed by atoms with Gasteiger partial charge < -0.3 is 10.1 Å². The first kappa shape index (κ1) is 12.3. The van der Waals surface area contributed by atoms with Crippen LogP contribution >= 0.6 is 0 Å². The molecule has 0 spiro atoms. The number of pyridine rings is 1. The van der Waals surface area contributed by atoms with Gasteiger partial charge in [-0.25, -0.2) is 4.98 Å². The Balaban J connectivity index is 2.25. The summed E-state index contributed by atoms with van der Waals surface area (Å²) in [7, 11) is 0. The molecule has 0 aromatic carbocycles. The Morgan fingerprint density at radius 2 is 2.11 bits per heavy atom. The fraction of sp³-hybridized carbons (Fsp3) is 0.308. The number of carboxylic acid groups (broad SMARTS) is 1. The summed E-state index contributed by atoms with van der Waals surface area (Å²) in [4.78, 5) is 22.4. The number of imidazole rings is 1. The third-order valence-corrected chi connectivity index (χ3v) is 2.81. The van der Waals surface area contributed by atoms with Gasteiger partial charge in [-0.05, 0) is 19.1 Å². The lowest BCUT2D eigenvalue weighted by Gasteiger charge is -2.01. The third-order valence-electron chi connectivity index (χ3n) is 2.81. The molecule has 1 unspecified atom stereocenters. The first-order chi connectivity index (χ1) is 8.58. The molecule has 0 aliphatic carbocycles. The van der Waals surface area contributed by atoms with Crippen LogP contribution in [0.5, 0.6) is 0 Å². The molecule has 0 fully saturated rings. The zero-order valence-corrected chi connectivity index (χ0v) is 10.3. The molecule has 5 heteroatoms. The van der Waals surface area contributed by atoms with E-state index in [0.29, 0.717) is 12.2 Å². The summed E-state index contributed by atoms with van der Waals surface area (Å²) in [5, 5.41) is 8.89. The van der Waals surface area contributed by atoms with Crippen molar-refractivity contribution in [2.45, 2.75) is 20.3 Å². The van der Waals surface area contributed by atoms with Crippen molar-refractivity contribution in [1.82, 2.24) is 15.0 Å². The van der Waals surface area contributed by atoms with Gasteiger partial charge in [-0.2, -0.15) is 0 Å². The van der Waals surface area contributed by atoms with Gasteiger partial charge in [0.15, 0.2) is 0 Å². The van der Waals surface area contributed by atoms with Gasteiger partial charge in [0.05, 0.1) is 11.6 Å². The lowest BCUT2D eigenvalue weighted by atomic mass is 10.1. The van der Waals surface area contributed by atoms with E-state index >= 15 is 0 Å². The Hall–Kier alpha value is -2.17. The minimum Gasteiger partial charge on any atom is -0.481 e. The number of aromatic amines is 1. The molecule has 0 bridgehead atoms. The van der Waals surface area contributed by atoms with Gasteiger partial charge in [-0.3, -0.25) is 9.78 Å². The number of nitrogens with one attached hydrogen (secondary N) is 1. The molecule has 0 saturated carbocycles. The van der Waals surface area contributed by atoms with Gasteiger partial charge >= 0.3 is 5.97 Å². The number of hydrogen-bond donors (Lipinski definition) is 2. The van der Waals surface area contributed by atoms with Crippen LogP contribution in [0.3, 0.4) is 0 Å². The number of rotatable bonds is 4. The Kier molecular flexibility index (Phi) is 3.41. The van der Waals surface area contributed by atoms with E-state index < -0.39 is 11.9 Å². The molecule has 0 amide bonds. The van der Waals surface area contributed by atoms with Gasteiger partial charge in [-0.1, -0.05) is 6.92 Å². The molecule has 0 aliphatic heterocycles. The van der Waals surface area contributed by atoms with E-state index in [0.717, 1.165) is 17.0 Å². The van der Waals surface area contributed by atoms with Crippen molar-refractivity contribution in [3.8, 4) is 11.3 Å². The molecule has 2 aromatic rings. The minimum atomic E-state index is -0.811. The van der Waals surface area contributed by atoms with E-state index in [1.54, 1.807) is 19.3 Å². The summed E-state index contributed by atoms with van der Waals surface area (Å²) in [6.45, 7) is 3.60. The van der Waals surface area contributed by atoms with Gasteiger partial charge in [0.2, 0.25) is 0 Å². The maximum Gasteiger partial charge on any atom is 0.306 e. The Labute approximate surface area is 105 Å². The summed E-state index contributed by atoms with van der Waals surface area (Å²) in [6, 6.07) is 3.77. The Morgan fingerprint density at radius 1 is 1.44 bits per heavy atom. The van der Waals surface area contributed by atoms with Crippen LogP contribution in [0.4, 0.5) is 0 Å². The van der Waals surface area contributed by atoms with Crippen LogP contribution in [0.25, 0.3) is 11.3 Å². The largest absolute Gasteiger partial charge is 0.481 e. The molecule has 18 heavy (non-hydrogen) atoms. The van der Waals surface area contributed by atoms with Crippen LogP contribution in [-0.2, 0) is 11.2 Å². The maximum absolute atomic E-state index is 10.8. The summed E-state index contributed by atoms with van der Waals surface area (Å²) in [5.74, 6) is -0.551. The summed E-state index contributed by atoms with van der Waals surface area (Å²) >= 11 is 0. The SMILES string of the molecule is Cc1[nH]c(CC(C)C(=O)O)nc1-c1ccncc1. The van der Waals surface area contributed by atoms with E-state index in [1.165, 1.54) is 0 Å². The molecule has 94 valence electrons. The lowest BCUT2D eigenvalue weighted by Crippen LogP contribution is -2.13. The van der Waals surface area contributed by atoms with Crippen molar-refractivity contribution in [3.05, 3.63) is 36.0 Å². The smallest absolute Gasteiger partial charge is 0.306 e. The maximum atomic E-state index is 10.8. The van der Waals surface area contributed by atoms with Crippen LogP contribution in [-0.4, -0.2) is 26.0 Å². The predicted molar refractivity (Wildman–Crippen MR) is 67.1 cm³/mol. The van der Waals surface area contributed by atoms with Crippen molar-refractivity contribution < 1.29 is 9.90 Å². The van der Waals surface area contributed by atoms with Crippen molar-refractivity contribution in [3.63, 3.8) is 0 Å². The normalized spacial score (nSPS) is 12.3. The molecular formula is C13H15N3O2. The first-order valence-electron chi connectivity index (χ1n) is 5.76. The molecule has 2 rings (SSSR count). The van der Waals surface area contributed by atoms with E-state index in [4.69, 9.17) is 5.11 Å². The van der Waals surface area contributed by atoms with Gasteiger partial charge in [0.1, 0.15) is 5.82 Å². The topological polar surface area (TPSA) is 78.9 Å². The number of H-pyrrole nitrogens is 1.